The highest BCUT2D eigenvalue weighted by Crippen LogP contribution is 2.32. The molecule has 1 amide bonds. The molecule has 0 saturated carbocycles. The molecule has 0 atom stereocenters. The Morgan fingerprint density at radius 3 is 2.52 bits per heavy atom. The van der Waals surface area contributed by atoms with Gasteiger partial charge in [0.2, 0.25) is 0 Å². The summed E-state index contributed by atoms with van der Waals surface area (Å²) < 4.78 is 0. The van der Waals surface area contributed by atoms with E-state index in [1.165, 1.54) is 11.6 Å². The summed E-state index contributed by atoms with van der Waals surface area (Å²) in [4.78, 5) is 27.0. The normalized spacial score (nSPS) is 11.0. The van der Waals surface area contributed by atoms with Gasteiger partial charge in [-0.25, -0.2) is 0 Å². The summed E-state index contributed by atoms with van der Waals surface area (Å²) in [5, 5.41) is 8.95. The molecule has 2 aromatic carbocycles. The zero-order chi connectivity index (χ0) is 19.0. The van der Waals surface area contributed by atoms with E-state index < -0.39 is 0 Å². The molecule has 6 heteroatoms. The van der Waals surface area contributed by atoms with Gasteiger partial charge in [-0.05, 0) is 36.6 Å². The van der Waals surface area contributed by atoms with E-state index in [0.29, 0.717) is 6.54 Å². The molecule has 4 rings (SSSR count). The summed E-state index contributed by atoms with van der Waals surface area (Å²) in [5.41, 5.74) is 6.43. The molecule has 0 unspecified atom stereocenters. The Morgan fingerprint density at radius 2 is 1.81 bits per heavy atom. The van der Waals surface area contributed by atoms with Crippen LogP contribution < -0.4 is 10.9 Å². The first kappa shape index (κ1) is 16.9. The summed E-state index contributed by atoms with van der Waals surface area (Å²) in [6, 6.07) is 15.7. The van der Waals surface area contributed by atoms with Crippen LogP contribution >= 0.6 is 0 Å². The molecule has 6 nitrogen and oxygen atoms in total. The second kappa shape index (κ2) is 6.64. The van der Waals surface area contributed by atoms with Gasteiger partial charge in [-0.15, -0.1) is 0 Å². The van der Waals surface area contributed by atoms with E-state index in [2.05, 4.69) is 51.7 Å². The molecule has 27 heavy (non-hydrogen) atoms. The molecule has 136 valence electrons. The van der Waals surface area contributed by atoms with E-state index in [1.54, 1.807) is 0 Å². The van der Waals surface area contributed by atoms with Crippen molar-refractivity contribution in [3.8, 4) is 11.3 Å². The van der Waals surface area contributed by atoms with Crippen LogP contribution in [0.2, 0.25) is 0 Å². The molecule has 0 radical (unpaired) electrons. The van der Waals surface area contributed by atoms with E-state index in [4.69, 9.17) is 0 Å². The lowest BCUT2D eigenvalue weighted by Crippen LogP contribution is -2.23. The molecule has 0 fully saturated rings. The topological polar surface area (TPSA) is 93.5 Å². The van der Waals surface area contributed by atoms with Crippen molar-refractivity contribution in [3.05, 3.63) is 81.3 Å². The van der Waals surface area contributed by atoms with Crippen molar-refractivity contribution in [1.29, 1.82) is 0 Å². The van der Waals surface area contributed by atoms with Gasteiger partial charge in [-0.2, -0.15) is 0 Å². The number of rotatable bonds is 4. The van der Waals surface area contributed by atoms with Gasteiger partial charge in [-0.3, -0.25) is 19.8 Å². The Hall–Kier alpha value is -3.54. The highest BCUT2D eigenvalue weighted by atomic mass is 16.2. The summed E-state index contributed by atoms with van der Waals surface area (Å²) in [7, 11) is 0. The number of hydrogen-bond acceptors (Lipinski definition) is 2. The number of benzene rings is 2. The van der Waals surface area contributed by atoms with Crippen LogP contribution in [-0.4, -0.2) is 21.1 Å². The smallest absolute Gasteiger partial charge is 0.269 e. The van der Waals surface area contributed by atoms with Gasteiger partial charge >= 0.3 is 0 Å². The first-order valence-electron chi connectivity index (χ1n) is 8.76. The number of hydrogen-bond donors (Lipinski definition) is 4. The number of fused-ring (bicyclic) bond motifs is 1. The molecule has 4 aromatic rings. The van der Waals surface area contributed by atoms with Crippen molar-refractivity contribution in [2.75, 3.05) is 0 Å². The van der Waals surface area contributed by atoms with E-state index in [-0.39, 0.29) is 17.2 Å². The summed E-state index contributed by atoms with van der Waals surface area (Å²) in [6.45, 7) is 4.51. The number of H-pyrrole nitrogens is 3. The Bertz CT molecular complexity index is 1180. The minimum Gasteiger partial charge on any atom is -0.354 e. The van der Waals surface area contributed by atoms with Crippen LogP contribution in [0.25, 0.3) is 22.2 Å². The zero-order valence-corrected chi connectivity index (χ0v) is 15.1. The molecule has 0 aliphatic heterocycles. The third kappa shape index (κ3) is 3.17. The predicted octanol–water partition coefficient (Wildman–Crippen LogP) is 3.40. The van der Waals surface area contributed by atoms with Crippen molar-refractivity contribution in [2.45, 2.75) is 20.4 Å². The SMILES string of the molecule is Cc1cc(CNC(=O)c2cc(=O)[nH][nH]2)c2[nH]c(-c3ccccc3)c(C)c2c1. The van der Waals surface area contributed by atoms with Crippen LogP contribution in [0.5, 0.6) is 0 Å². The van der Waals surface area contributed by atoms with E-state index >= 15 is 0 Å². The number of carbonyl (C=O) groups excluding carboxylic acids is 1. The van der Waals surface area contributed by atoms with Gasteiger partial charge in [0.05, 0.1) is 5.52 Å². The largest absolute Gasteiger partial charge is 0.354 e. The Balaban J connectivity index is 1.70. The second-order valence-electron chi connectivity index (χ2n) is 6.69. The molecule has 4 N–H and O–H groups in total. The molecule has 0 aliphatic rings. The van der Waals surface area contributed by atoms with Gasteiger partial charge in [0.15, 0.2) is 0 Å². The highest BCUT2D eigenvalue weighted by Gasteiger charge is 2.14. The molecule has 2 heterocycles. The maximum absolute atomic E-state index is 12.2. The lowest BCUT2D eigenvalue weighted by atomic mass is 10.0. The van der Waals surface area contributed by atoms with E-state index in [9.17, 15) is 9.59 Å². The molecule has 0 spiro atoms. The van der Waals surface area contributed by atoms with Crippen LogP contribution in [0.15, 0.2) is 53.3 Å². The van der Waals surface area contributed by atoms with Gasteiger partial charge in [0.1, 0.15) is 5.69 Å². The summed E-state index contributed by atoms with van der Waals surface area (Å²) in [5.74, 6) is -0.324. The minimum absolute atomic E-state index is 0.219. The van der Waals surface area contributed by atoms with E-state index in [1.807, 2.05) is 25.1 Å². The first-order valence-corrected chi connectivity index (χ1v) is 8.76. The highest BCUT2D eigenvalue weighted by molar-refractivity contribution is 5.94. The Morgan fingerprint density at radius 1 is 1.04 bits per heavy atom. The number of carbonyl (C=O) groups is 1. The zero-order valence-electron chi connectivity index (χ0n) is 15.1. The van der Waals surface area contributed by atoms with Gasteiger partial charge < -0.3 is 10.3 Å². The number of amides is 1. The molecule has 2 aromatic heterocycles. The van der Waals surface area contributed by atoms with Gasteiger partial charge in [-0.1, -0.05) is 42.0 Å². The molecule has 0 aliphatic carbocycles. The maximum atomic E-state index is 12.2. The number of aryl methyl sites for hydroxylation is 2. The standard InChI is InChI=1S/C21H20N4O2/c1-12-8-15(11-22-21(27)17-10-18(26)25-24-17)20-16(9-12)13(2)19(23-20)14-6-4-3-5-7-14/h3-10,23H,11H2,1-2H3,(H,22,27)(H2,24,25,26). The monoisotopic (exact) mass is 360 g/mol. The maximum Gasteiger partial charge on any atom is 0.269 e. The number of aromatic nitrogens is 3. The lowest BCUT2D eigenvalue weighted by molar-refractivity contribution is 0.0946. The molecular formula is C21H20N4O2. The third-order valence-electron chi connectivity index (χ3n) is 4.74. The predicted molar refractivity (Wildman–Crippen MR) is 106 cm³/mol. The number of aromatic amines is 3. The fraction of sp³-hybridized carbons (Fsp3) is 0.143. The van der Waals surface area contributed by atoms with Crippen molar-refractivity contribution in [3.63, 3.8) is 0 Å². The van der Waals surface area contributed by atoms with Gasteiger partial charge in [0, 0.05) is 23.7 Å². The minimum atomic E-state index is -0.328. The van der Waals surface area contributed by atoms with Crippen LogP contribution in [0, 0.1) is 13.8 Å². The summed E-state index contributed by atoms with van der Waals surface area (Å²) in [6.07, 6.45) is 0. The van der Waals surface area contributed by atoms with E-state index in [0.717, 1.165) is 33.3 Å². The molecule has 0 saturated heterocycles. The van der Waals surface area contributed by atoms with Gasteiger partial charge in [0.25, 0.3) is 11.5 Å². The molecular weight excluding hydrogens is 340 g/mol. The fourth-order valence-electron chi connectivity index (χ4n) is 3.42. The fourth-order valence-corrected chi connectivity index (χ4v) is 3.42. The van der Waals surface area contributed by atoms with Crippen molar-refractivity contribution in [2.24, 2.45) is 0 Å². The van der Waals surface area contributed by atoms with Crippen LogP contribution in [0.3, 0.4) is 0 Å². The first-order chi connectivity index (χ1) is 13.0. The average Bonchev–Trinajstić information content (AvgIpc) is 3.24. The van der Waals surface area contributed by atoms with Crippen LogP contribution in [0.1, 0.15) is 27.2 Å². The number of nitrogens with one attached hydrogen (secondary N) is 4. The Labute approximate surface area is 155 Å². The molecule has 0 bridgehead atoms. The quantitative estimate of drug-likeness (QED) is 0.449. The van der Waals surface area contributed by atoms with Crippen molar-refractivity contribution < 1.29 is 4.79 Å². The van der Waals surface area contributed by atoms with Crippen molar-refractivity contribution >= 4 is 16.8 Å². The van der Waals surface area contributed by atoms with Crippen LogP contribution in [0.4, 0.5) is 0 Å². The third-order valence-corrected chi connectivity index (χ3v) is 4.74. The Kier molecular flexibility index (Phi) is 4.16. The second-order valence-corrected chi connectivity index (χ2v) is 6.69. The lowest BCUT2D eigenvalue weighted by Gasteiger charge is -2.07. The van der Waals surface area contributed by atoms with Crippen molar-refractivity contribution in [1.82, 2.24) is 20.5 Å². The van der Waals surface area contributed by atoms with Crippen LogP contribution in [-0.2, 0) is 6.54 Å². The summed E-state index contributed by atoms with van der Waals surface area (Å²) >= 11 is 0. The average molecular weight is 360 g/mol.